The van der Waals surface area contributed by atoms with Gasteiger partial charge >= 0.3 is 6.09 Å². The molecule has 6 aromatic rings. The summed E-state index contributed by atoms with van der Waals surface area (Å²) >= 11 is 0. The molecule has 2 aromatic carbocycles. The molecule has 0 saturated heterocycles. The van der Waals surface area contributed by atoms with E-state index in [9.17, 15) is 4.79 Å². The summed E-state index contributed by atoms with van der Waals surface area (Å²) in [7, 11) is 0. The first-order valence-electron chi connectivity index (χ1n) is 14.0. The van der Waals surface area contributed by atoms with Gasteiger partial charge in [0.25, 0.3) is 0 Å². The highest BCUT2D eigenvalue weighted by Gasteiger charge is 2.22. The van der Waals surface area contributed by atoms with Crippen LogP contribution in [0.1, 0.15) is 32.0 Å². The molecule has 0 unspecified atom stereocenters. The van der Waals surface area contributed by atoms with Crippen LogP contribution in [0.2, 0.25) is 0 Å². The molecule has 0 spiro atoms. The number of carbonyl (C=O) groups is 1. The standard InChI is InChI=1S/C33H34N6O3/c1-20-27-14-21(9-10-30(27)39-38-20)28-15-24(18-36-31(28)22-11-12-34-16-22)41-19-25(42-32(40)37-33(2,3)4)13-23-17-35-29-8-6-5-7-26(23)29/h5-12,14-18,25,34-35H,13,19H2,1-4H3,(H,37,40)(H,38,39)/t25-/m0/s1. The Morgan fingerprint density at radius 1 is 1.02 bits per heavy atom. The summed E-state index contributed by atoms with van der Waals surface area (Å²) in [5.41, 5.74) is 7.29. The smallest absolute Gasteiger partial charge is 0.407 e. The van der Waals surface area contributed by atoms with Crippen molar-refractivity contribution in [1.29, 1.82) is 0 Å². The first kappa shape index (κ1) is 27.1. The fourth-order valence-electron chi connectivity index (χ4n) is 5.11. The summed E-state index contributed by atoms with van der Waals surface area (Å²) in [6.07, 6.45) is 6.94. The number of amides is 1. The zero-order valence-electron chi connectivity index (χ0n) is 24.1. The molecule has 4 N–H and O–H groups in total. The maximum Gasteiger partial charge on any atom is 0.407 e. The third kappa shape index (κ3) is 5.85. The van der Waals surface area contributed by atoms with Gasteiger partial charge in [-0.25, -0.2) is 4.79 Å². The fraction of sp³-hybridized carbons (Fsp3) is 0.242. The number of nitrogens with one attached hydrogen (secondary N) is 4. The second-order valence-corrected chi connectivity index (χ2v) is 11.5. The average Bonchev–Trinajstić information content (AvgIpc) is 3.72. The Hall–Kier alpha value is -5.05. The zero-order valence-corrected chi connectivity index (χ0v) is 24.1. The number of alkyl carbamates (subject to hydrolysis) is 1. The number of hydrogen-bond donors (Lipinski definition) is 4. The molecule has 9 heteroatoms. The predicted molar refractivity (Wildman–Crippen MR) is 165 cm³/mol. The number of benzene rings is 2. The summed E-state index contributed by atoms with van der Waals surface area (Å²) in [5.74, 6) is 0.581. The number of fused-ring (bicyclic) bond motifs is 2. The minimum absolute atomic E-state index is 0.154. The Labute approximate surface area is 243 Å². The van der Waals surface area contributed by atoms with Crippen LogP contribution in [0, 0.1) is 6.92 Å². The van der Waals surface area contributed by atoms with Gasteiger partial charge in [-0.2, -0.15) is 5.10 Å². The Balaban J connectivity index is 1.30. The molecule has 0 radical (unpaired) electrons. The van der Waals surface area contributed by atoms with Crippen molar-refractivity contribution in [2.45, 2.75) is 45.8 Å². The van der Waals surface area contributed by atoms with Gasteiger partial charge in [0.05, 0.1) is 17.4 Å². The normalized spacial score (nSPS) is 12.5. The molecule has 4 heterocycles. The minimum Gasteiger partial charge on any atom is -0.488 e. The van der Waals surface area contributed by atoms with Gasteiger partial charge in [0, 0.05) is 63.7 Å². The quantitative estimate of drug-likeness (QED) is 0.160. The lowest BCUT2D eigenvalue weighted by molar-refractivity contribution is 0.0610. The third-order valence-corrected chi connectivity index (χ3v) is 7.10. The molecule has 0 fully saturated rings. The molecule has 42 heavy (non-hydrogen) atoms. The number of nitrogens with zero attached hydrogens (tertiary/aromatic N) is 2. The third-order valence-electron chi connectivity index (χ3n) is 7.10. The van der Waals surface area contributed by atoms with Crippen LogP contribution < -0.4 is 10.1 Å². The summed E-state index contributed by atoms with van der Waals surface area (Å²) in [4.78, 5) is 24.0. The maximum atomic E-state index is 12.8. The highest BCUT2D eigenvalue weighted by molar-refractivity contribution is 5.90. The molecule has 1 amide bonds. The van der Waals surface area contributed by atoms with Gasteiger partial charge in [-0.1, -0.05) is 24.3 Å². The lowest BCUT2D eigenvalue weighted by atomic mass is 9.99. The Morgan fingerprint density at radius 3 is 2.69 bits per heavy atom. The number of aromatic nitrogens is 5. The van der Waals surface area contributed by atoms with Gasteiger partial charge in [-0.15, -0.1) is 0 Å². The largest absolute Gasteiger partial charge is 0.488 e. The van der Waals surface area contributed by atoms with Gasteiger partial charge in [-0.05, 0) is 69.2 Å². The number of rotatable bonds is 8. The molecule has 9 nitrogen and oxygen atoms in total. The number of H-pyrrole nitrogens is 3. The van der Waals surface area contributed by atoms with Crippen LogP contribution >= 0.6 is 0 Å². The number of aromatic amines is 3. The molecule has 214 valence electrons. The summed E-state index contributed by atoms with van der Waals surface area (Å²) < 4.78 is 12.2. The highest BCUT2D eigenvalue weighted by atomic mass is 16.6. The summed E-state index contributed by atoms with van der Waals surface area (Å²) in [6.45, 7) is 7.92. The Morgan fingerprint density at radius 2 is 1.88 bits per heavy atom. The Bertz CT molecular complexity index is 1850. The Kier molecular flexibility index (Phi) is 7.16. The van der Waals surface area contributed by atoms with Crippen molar-refractivity contribution in [3.63, 3.8) is 0 Å². The van der Waals surface area contributed by atoms with E-state index in [-0.39, 0.29) is 6.61 Å². The zero-order chi connectivity index (χ0) is 29.3. The molecule has 1 atom stereocenters. The van der Waals surface area contributed by atoms with E-state index in [1.807, 2.05) is 88.8 Å². The maximum absolute atomic E-state index is 12.8. The average molecular weight is 563 g/mol. The van der Waals surface area contributed by atoms with Gasteiger partial charge < -0.3 is 24.8 Å². The topological polar surface area (TPSA) is 121 Å². The number of ether oxygens (including phenoxy) is 2. The van der Waals surface area contributed by atoms with Crippen LogP contribution in [0.3, 0.4) is 0 Å². The lowest BCUT2D eigenvalue weighted by Gasteiger charge is -2.24. The van der Waals surface area contributed by atoms with Crippen molar-refractivity contribution < 1.29 is 14.3 Å². The van der Waals surface area contributed by atoms with E-state index in [0.29, 0.717) is 12.2 Å². The van der Waals surface area contributed by atoms with E-state index in [1.54, 1.807) is 6.20 Å². The monoisotopic (exact) mass is 562 g/mol. The van der Waals surface area contributed by atoms with Crippen LogP contribution in [-0.2, 0) is 11.2 Å². The van der Waals surface area contributed by atoms with E-state index in [4.69, 9.17) is 14.5 Å². The van der Waals surface area contributed by atoms with Gasteiger partial charge in [0.15, 0.2) is 0 Å². The fourth-order valence-corrected chi connectivity index (χ4v) is 5.11. The number of para-hydroxylation sites is 1. The molecule has 0 bridgehead atoms. The van der Waals surface area contributed by atoms with Crippen LogP contribution in [0.25, 0.3) is 44.2 Å². The number of aryl methyl sites for hydroxylation is 1. The first-order chi connectivity index (χ1) is 20.2. The van der Waals surface area contributed by atoms with Crippen molar-refractivity contribution >= 4 is 27.9 Å². The predicted octanol–water partition coefficient (Wildman–Crippen LogP) is 6.92. The van der Waals surface area contributed by atoms with Gasteiger partial charge in [0.2, 0.25) is 0 Å². The van der Waals surface area contributed by atoms with Crippen molar-refractivity contribution in [2.24, 2.45) is 0 Å². The minimum atomic E-state index is -0.538. The van der Waals surface area contributed by atoms with Crippen LogP contribution in [0.4, 0.5) is 4.79 Å². The van der Waals surface area contributed by atoms with Crippen molar-refractivity contribution in [1.82, 2.24) is 30.5 Å². The second-order valence-electron chi connectivity index (χ2n) is 11.5. The summed E-state index contributed by atoms with van der Waals surface area (Å²) in [6, 6.07) is 18.2. The molecule has 4 aromatic heterocycles. The lowest BCUT2D eigenvalue weighted by Crippen LogP contribution is -2.43. The van der Waals surface area contributed by atoms with Crippen molar-refractivity contribution in [2.75, 3.05) is 6.61 Å². The molecule has 0 aliphatic heterocycles. The van der Waals surface area contributed by atoms with E-state index in [0.717, 1.165) is 55.4 Å². The number of hydrogen-bond acceptors (Lipinski definition) is 5. The number of carbonyl (C=O) groups excluding carboxylic acids is 1. The van der Waals surface area contributed by atoms with Gasteiger partial charge in [-0.3, -0.25) is 10.1 Å². The second kappa shape index (κ2) is 11.1. The molecule has 0 aliphatic rings. The molecule has 0 saturated carbocycles. The van der Waals surface area contributed by atoms with E-state index >= 15 is 0 Å². The SMILES string of the molecule is Cc1[nH]nc2ccc(-c3cc(OC[C@H](Cc4c[nH]c5ccccc45)OC(=O)NC(C)(C)C)cnc3-c3cc[nH]c3)cc12. The first-order valence-corrected chi connectivity index (χ1v) is 14.0. The summed E-state index contributed by atoms with van der Waals surface area (Å²) in [5, 5.41) is 12.5. The van der Waals surface area contributed by atoms with E-state index < -0.39 is 17.7 Å². The van der Waals surface area contributed by atoms with Crippen LogP contribution in [0.15, 0.2) is 79.4 Å². The van der Waals surface area contributed by atoms with Crippen molar-refractivity contribution in [3.8, 4) is 28.1 Å². The highest BCUT2D eigenvalue weighted by Crippen LogP contribution is 2.35. The van der Waals surface area contributed by atoms with E-state index in [1.165, 1.54) is 0 Å². The van der Waals surface area contributed by atoms with Crippen LogP contribution in [-0.4, -0.2) is 49.5 Å². The number of pyridine rings is 1. The molecular formula is C33H34N6O3. The van der Waals surface area contributed by atoms with Gasteiger partial charge in [0.1, 0.15) is 18.5 Å². The van der Waals surface area contributed by atoms with Crippen molar-refractivity contribution in [3.05, 3.63) is 90.6 Å². The molecule has 0 aliphatic carbocycles. The van der Waals surface area contributed by atoms with Crippen LogP contribution in [0.5, 0.6) is 5.75 Å². The molecule has 6 rings (SSSR count). The molecular weight excluding hydrogens is 528 g/mol. The van der Waals surface area contributed by atoms with E-state index in [2.05, 4.69) is 37.6 Å².